The van der Waals surface area contributed by atoms with E-state index in [-0.39, 0.29) is 46.4 Å². The maximum atomic E-state index is 15.0. The molecule has 2 aliphatic rings. The van der Waals surface area contributed by atoms with Gasteiger partial charge in [-0.1, -0.05) is 0 Å². The van der Waals surface area contributed by atoms with Gasteiger partial charge in [0.25, 0.3) is 0 Å². The Morgan fingerprint density at radius 1 is 1.41 bits per heavy atom. The summed E-state index contributed by atoms with van der Waals surface area (Å²) in [6, 6.07) is 4.58. The van der Waals surface area contributed by atoms with Gasteiger partial charge in [-0.3, -0.25) is 9.84 Å². The van der Waals surface area contributed by atoms with Crippen LogP contribution in [0.4, 0.5) is 34.0 Å². The molecule has 196 valence electrons. The number of carbonyl (C=O) groups excluding carboxylic acids is 1. The van der Waals surface area contributed by atoms with Crippen molar-refractivity contribution in [1.82, 2.24) is 30.1 Å². The topological polar surface area (TPSA) is 151 Å². The summed E-state index contributed by atoms with van der Waals surface area (Å²) in [5.74, 6) is 0.229. The summed E-state index contributed by atoms with van der Waals surface area (Å²) in [6.45, 7) is 0.879. The molecule has 0 unspecified atom stereocenters. The van der Waals surface area contributed by atoms with Crippen LogP contribution in [-0.4, -0.2) is 61.7 Å². The first-order chi connectivity index (χ1) is 17.5. The molecule has 0 spiro atoms. The molecule has 3 N–H and O–H groups in total. The van der Waals surface area contributed by atoms with Crippen molar-refractivity contribution in [3.63, 3.8) is 0 Å². The fourth-order valence-corrected chi connectivity index (χ4v) is 3.75. The number of nitrogens with zero attached hydrogens (tertiary/aromatic N) is 5. The SMILES string of the molecule is CC1(NC(=O)O[C@H]2CO[C@@H](c3cc(Nc4nc(C#N)cn5nc(COC(F)(F)F)cc45)n[nH]3)[C@H]2F)CC1. The highest BCUT2D eigenvalue weighted by atomic mass is 19.4. The van der Waals surface area contributed by atoms with Crippen molar-refractivity contribution >= 4 is 23.2 Å². The van der Waals surface area contributed by atoms with Crippen molar-refractivity contribution in [1.29, 1.82) is 5.26 Å². The largest absolute Gasteiger partial charge is 0.522 e. The lowest BCUT2D eigenvalue weighted by Gasteiger charge is -2.17. The molecule has 12 nitrogen and oxygen atoms in total. The van der Waals surface area contributed by atoms with E-state index in [1.54, 1.807) is 0 Å². The summed E-state index contributed by atoms with van der Waals surface area (Å²) in [5, 5.41) is 25.5. The summed E-state index contributed by atoms with van der Waals surface area (Å²) in [7, 11) is 0. The van der Waals surface area contributed by atoms with Gasteiger partial charge in [0.2, 0.25) is 0 Å². The maximum Gasteiger partial charge on any atom is 0.522 e. The quantitative estimate of drug-likeness (QED) is 0.396. The highest BCUT2D eigenvalue weighted by Crippen LogP contribution is 2.36. The molecule has 1 aliphatic carbocycles. The Kier molecular flexibility index (Phi) is 6.12. The Bertz CT molecular complexity index is 1360. The van der Waals surface area contributed by atoms with E-state index in [0.29, 0.717) is 0 Å². The van der Waals surface area contributed by atoms with Crippen molar-refractivity contribution in [3.8, 4) is 6.07 Å². The molecule has 1 saturated heterocycles. The average Bonchev–Trinajstić information content (AvgIpc) is 3.19. The van der Waals surface area contributed by atoms with Gasteiger partial charge in [-0.25, -0.2) is 18.7 Å². The number of hydrogen-bond acceptors (Lipinski definition) is 9. The average molecular weight is 524 g/mol. The standard InChI is InChI=1S/C21H20F4N8O4/c1-20(2-3-20)29-19(34)37-14-9-35-17(16(14)22)12-5-15(31-30-12)28-18-13-4-10(8-36-21(23,24)25)32-33(13)7-11(6-26)27-18/h4-5,7,14,16-17H,2-3,8-9H2,1H3,(H,29,34)(H2,27,28,30,31)/t14-,16-,17-/m0/s1. The van der Waals surface area contributed by atoms with Crippen LogP contribution in [0.1, 0.15) is 43.0 Å². The lowest BCUT2D eigenvalue weighted by Crippen LogP contribution is -2.39. The van der Waals surface area contributed by atoms with E-state index in [4.69, 9.17) is 9.47 Å². The summed E-state index contributed by atoms with van der Waals surface area (Å²) >= 11 is 0. The molecule has 3 aromatic rings. The molecule has 1 amide bonds. The minimum atomic E-state index is -4.84. The number of aromatic nitrogens is 5. The van der Waals surface area contributed by atoms with E-state index in [9.17, 15) is 27.6 Å². The number of aromatic amines is 1. The second kappa shape index (κ2) is 9.16. The third kappa shape index (κ3) is 5.57. The van der Waals surface area contributed by atoms with E-state index in [1.165, 1.54) is 22.8 Å². The second-order valence-corrected chi connectivity index (χ2v) is 8.95. The molecule has 2 fully saturated rings. The van der Waals surface area contributed by atoms with Gasteiger partial charge in [0.15, 0.2) is 29.6 Å². The highest BCUT2D eigenvalue weighted by molar-refractivity contribution is 5.73. The molecule has 0 bridgehead atoms. The number of hydrogen-bond donors (Lipinski definition) is 3. The Balaban J connectivity index is 1.29. The minimum Gasteiger partial charge on any atom is -0.441 e. The number of alkyl carbamates (subject to hydrolysis) is 1. The Hall–Kier alpha value is -3.97. The number of carbonyl (C=O) groups is 1. The Morgan fingerprint density at radius 2 is 2.19 bits per heavy atom. The van der Waals surface area contributed by atoms with Crippen molar-refractivity contribution in [2.45, 2.75) is 56.7 Å². The van der Waals surface area contributed by atoms with Crippen LogP contribution in [0.25, 0.3) is 5.52 Å². The Labute approximate surface area is 205 Å². The molecule has 37 heavy (non-hydrogen) atoms. The summed E-state index contributed by atoms with van der Waals surface area (Å²) in [5.41, 5.74) is 0.0589. The van der Waals surface area contributed by atoms with Gasteiger partial charge in [-0.05, 0) is 25.8 Å². The van der Waals surface area contributed by atoms with Gasteiger partial charge >= 0.3 is 12.5 Å². The minimum absolute atomic E-state index is 0.0506. The number of anilines is 2. The normalized spacial score (nSPS) is 22.5. The van der Waals surface area contributed by atoms with Gasteiger partial charge in [0.1, 0.15) is 24.3 Å². The number of H-pyrrole nitrogens is 1. The van der Waals surface area contributed by atoms with Gasteiger partial charge in [0.05, 0.1) is 24.2 Å². The molecule has 16 heteroatoms. The van der Waals surface area contributed by atoms with Crippen molar-refractivity contribution < 1.29 is 36.6 Å². The molecule has 3 atom stereocenters. The van der Waals surface area contributed by atoms with Crippen LogP contribution in [-0.2, 0) is 20.8 Å². The van der Waals surface area contributed by atoms with Gasteiger partial charge in [-0.15, -0.1) is 13.2 Å². The zero-order chi connectivity index (χ0) is 26.4. The number of halogens is 4. The van der Waals surface area contributed by atoms with Crippen LogP contribution in [0, 0.1) is 11.3 Å². The predicted octanol–water partition coefficient (Wildman–Crippen LogP) is 3.16. The van der Waals surface area contributed by atoms with Crippen molar-refractivity contribution in [2.24, 2.45) is 0 Å². The van der Waals surface area contributed by atoms with E-state index >= 15 is 0 Å². The smallest absolute Gasteiger partial charge is 0.441 e. The van der Waals surface area contributed by atoms with Crippen molar-refractivity contribution in [2.75, 3.05) is 11.9 Å². The fraction of sp³-hybridized carbons (Fsp3) is 0.476. The third-order valence-corrected chi connectivity index (χ3v) is 5.90. The number of amides is 1. The number of nitriles is 1. The van der Waals surface area contributed by atoms with Gasteiger partial charge in [0, 0.05) is 11.6 Å². The molecule has 3 aromatic heterocycles. The summed E-state index contributed by atoms with van der Waals surface area (Å²) < 4.78 is 67.8. The third-order valence-electron chi connectivity index (χ3n) is 5.90. The highest BCUT2D eigenvalue weighted by Gasteiger charge is 2.44. The summed E-state index contributed by atoms with van der Waals surface area (Å²) in [4.78, 5) is 16.1. The number of rotatable bonds is 7. The second-order valence-electron chi connectivity index (χ2n) is 8.95. The van der Waals surface area contributed by atoms with Crippen LogP contribution < -0.4 is 10.6 Å². The molecular weight excluding hydrogens is 504 g/mol. The lowest BCUT2D eigenvalue weighted by molar-refractivity contribution is -0.330. The van der Waals surface area contributed by atoms with Crippen LogP contribution in [0.3, 0.4) is 0 Å². The molecule has 0 aromatic carbocycles. The van der Waals surface area contributed by atoms with E-state index in [1.807, 2.05) is 13.0 Å². The molecule has 5 rings (SSSR count). The molecule has 0 radical (unpaired) electrons. The number of alkyl halides is 4. The molecular formula is C21H20F4N8O4. The predicted molar refractivity (Wildman–Crippen MR) is 115 cm³/mol. The van der Waals surface area contributed by atoms with E-state index < -0.39 is 37.4 Å². The Morgan fingerprint density at radius 3 is 2.89 bits per heavy atom. The first-order valence-corrected chi connectivity index (χ1v) is 11.1. The van der Waals surface area contributed by atoms with Gasteiger partial charge in [-0.2, -0.15) is 15.5 Å². The monoisotopic (exact) mass is 524 g/mol. The number of fused-ring (bicyclic) bond motifs is 1. The van der Waals surface area contributed by atoms with E-state index in [0.717, 1.165) is 12.8 Å². The van der Waals surface area contributed by atoms with Gasteiger partial charge < -0.3 is 20.1 Å². The van der Waals surface area contributed by atoms with Crippen LogP contribution in [0.5, 0.6) is 0 Å². The fourth-order valence-electron chi connectivity index (χ4n) is 3.75. The zero-order valence-electron chi connectivity index (χ0n) is 19.2. The molecule has 4 heterocycles. The number of ether oxygens (including phenoxy) is 3. The van der Waals surface area contributed by atoms with Crippen LogP contribution in [0.2, 0.25) is 0 Å². The zero-order valence-corrected chi connectivity index (χ0v) is 19.2. The maximum absolute atomic E-state index is 15.0. The van der Waals surface area contributed by atoms with Crippen LogP contribution >= 0.6 is 0 Å². The van der Waals surface area contributed by atoms with E-state index in [2.05, 4.69) is 35.7 Å². The lowest BCUT2D eigenvalue weighted by atomic mass is 10.1. The van der Waals surface area contributed by atoms with Crippen molar-refractivity contribution in [3.05, 3.63) is 35.4 Å². The molecule has 1 aliphatic heterocycles. The first kappa shape index (κ1) is 24.7. The summed E-state index contributed by atoms with van der Waals surface area (Å²) in [6.07, 6.45) is -6.50. The number of nitrogens with one attached hydrogen (secondary N) is 3. The van der Waals surface area contributed by atoms with Crippen LogP contribution in [0.15, 0.2) is 18.3 Å². The first-order valence-electron chi connectivity index (χ1n) is 11.1. The molecule has 1 saturated carbocycles.